The quantitative estimate of drug-likeness (QED) is 0.211. The highest BCUT2D eigenvalue weighted by atomic mass is 32.1. The van der Waals surface area contributed by atoms with Crippen molar-refractivity contribution in [2.45, 2.75) is 0 Å². The maximum Gasteiger partial charge on any atom is 0.0362 e. The van der Waals surface area contributed by atoms with E-state index in [9.17, 15) is 0 Å². The minimum atomic E-state index is 1.26. The molecule has 0 saturated carbocycles. The number of benzene rings is 6. The van der Waals surface area contributed by atoms with Crippen molar-refractivity contribution >= 4 is 74.5 Å². The van der Waals surface area contributed by atoms with Crippen LogP contribution in [0.5, 0.6) is 0 Å². The molecule has 0 unspecified atom stereocenters. The van der Waals surface area contributed by atoms with Gasteiger partial charge in [-0.05, 0) is 79.5 Å². The molecule has 0 saturated heterocycles. The zero-order chi connectivity index (χ0) is 23.6. The summed E-state index contributed by atoms with van der Waals surface area (Å²) in [5.41, 5.74) is 5.17. The largest absolute Gasteiger partial charge is 0.144 e. The van der Waals surface area contributed by atoms with Crippen LogP contribution in [0.25, 0.3) is 74.1 Å². The van der Waals surface area contributed by atoms with Crippen LogP contribution in [-0.2, 0) is 0 Å². The van der Waals surface area contributed by atoms with Gasteiger partial charge in [0.2, 0.25) is 0 Å². The lowest BCUT2D eigenvalue weighted by Gasteiger charge is -2.17. The van der Waals surface area contributed by atoms with Crippen molar-refractivity contribution in [3.8, 4) is 22.3 Å². The Morgan fingerprint density at radius 1 is 0.389 bits per heavy atom. The lowest BCUT2D eigenvalue weighted by Crippen LogP contribution is -1.90. The molecule has 2 heteroatoms. The van der Waals surface area contributed by atoms with Gasteiger partial charge in [0.05, 0.1) is 0 Å². The summed E-state index contributed by atoms with van der Waals surface area (Å²) >= 11 is 3.72. The van der Waals surface area contributed by atoms with E-state index in [1.54, 1.807) is 0 Å². The van der Waals surface area contributed by atoms with E-state index in [0.29, 0.717) is 0 Å². The fourth-order valence-electron chi connectivity index (χ4n) is 5.83. The number of hydrogen-bond acceptors (Lipinski definition) is 2. The van der Waals surface area contributed by atoms with E-state index in [0.717, 1.165) is 0 Å². The van der Waals surface area contributed by atoms with Crippen LogP contribution in [0, 0.1) is 0 Å². The Morgan fingerprint density at radius 3 is 1.67 bits per heavy atom. The molecule has 0 radical (unpaired) electrons. The van der Waals surface area contributed by atoms with Crippen LogP contribution in [0.1, 0.15) is 0 Å². The van der Waals surface area contributed by atoms with Crippen molar-refractivity contribution in [2.75, 3.05) is 0 Å². The Bertz CT molecular complexity index is 2030. The van der Waals surface area contributed by atoms with Gasteiger partial charge in [0.15, 0.2) is 0 Å². The number of hydrogen-bond donors (Lipinski definition) is 0. The second-order valence-electron chi connectivity index (χ2n) is 9.29. The molecule has 36 heavy (non-hydrogen) atoms. The van der Waals surface area contributed by atoms with Gasteiger partial charge in [-0.3, -0.25) is 0 Å². The van der Waals surface area contributed by atoms with E-state index in [2.05, 4.69) is 121 Å². The molecule has 2 heterocycles. The Balaban J connectivity index is 1.52. The van der Waals surface area contributed by atoms with Gasteiger partial charge in [0, 0.05) is 30.3 Å². The van der Waals surface area contributed by atoms with Gasteiger partial charge in [-0.2, -0.15) is 0 Å². The van der Waals surface area contributed by atoms with E-state index in [-0.39, 0.29) is 0 Å². The highest BCUT2D eigenvalue weighted by Gasteiger charge is 2.17. The summed E-state index contributed by atoms with van der Waals surface area (Å²) in [6, 6.07) is 42.5. The summed E-state index contributed by atoms with van der Waals surface area (Å²) in [6.07, 6.45) is 0. The topological polar surface area (TPSA) is 0 Å². The van der Waals surface area contributed by atoms with Gasteiger partial charge in [0.1, 0.15) is 0 Å². The third kappa shape index (κ3) is 2.86. The molecule has 0 atom stereocenters. The van der Waals surface area contributed by atoms with Crippen LogP contribution in [0.2, 0.25) is 0 Å². The van der Waals surface area contributed by atoms with E-state index in [1.807, 2.05) is 22.7 Å². The van der Waals surface area contributed by atoms with E-state index < -0.39 is 0 Å². The minimum absolute atomic E-state index is 1.26. The van der Waals surface area contributed by atoms with Crippen LogP contribution in [-0.4, -0.2) is 0 Å². The van der Waals surface area contributed by atoms with Crippen molar-refractivity contribution in [3.63, 3.8) is 0 Å². The standard InChI is InChI=1S/C34H20S2/c1-2-8-21(9-3-1)32-23-10-4-6-12-25(23)33(26-13-7-5-11-24(26)32)22-14-15-30-28(20-22)34-27-18-19-35-29(27)16-17-31(34)36-30/h1-20H. The first-order valence-corrected chi connectivity index (χ1v) is 13.9. The predicted octanol–water partition coefficient (Wildman–Crippen LogP) is 10.9. The first kappa shape index (κ1) is 20.2. The number of fused-ring (bicyclic) bond motifs is 7. The first-order chi connectivity index (χ1) is 17.9. The minimum Gasteiger partial charge on any atom is -0.144 e. The third-order valence-corrected chi connectivity index (χ3v) is 9.37. The van der Waals surface area contributed by atoms with Crippen LogP contribution in [0.4, 0.5) is 0 Å². The Morgan fingerprint density at radius 2 is 0.972 bits per heavy atom. The highest BCUT2D eigenvalue weighted by molar-refractivity contribution is 7.26. The van der Waals surface area contributed by atoms with Gasteiger partial charge in [-0.15, -0.1) is 22.7 Å². The molecule has 0 spiro atoms. The van der Waals surface area contributed by atoms with Crippen molar-refractivity contribution in [1.29, 1.82) is 0 Å². The Kier molecular flexibility index (Phi) is 4.36. The molecule has 0 aliphatic heterocycles. The van der Waals surface area contributed by atoms with E-state index in [4.69, 9.17) is 0 Å². The average molecular weight is 493 g/mol. The Labute approximate surface area is 216 Å². The maximum absolute atomic E-state index is 2.43. The SMILES string of the molecule is c1ccc(-c2c3ccccc3c(-c3ccc4sc5ccc6sccc6c5c4c3)c3ccccc23)cc1. The first-order valence-electron chi connectivity index (χ1n) is 12.2. The molecular weight excluding hydrogens is 473 g/mol. The zero-order valence-electron chi connectivity index (χ0n) is 19.4. The lowest BCUT2D eigenvalue weighted by molar-refractivity contribution is 1.66. The molecular formula is C34H20S2. The predicted molar refractivity (Wildman–Crippen MR) is 161 cm³/mol. The van der Waals surface area contributed by atoms with Crippen molar-refractivity contribution in [2.24, 2.45) is 0 Å². The monoisotopic (exact) mass is 492 g/mol. The second-order valence-corrected chi connectivity index (χ2v) is 11.3. The summed E-state index contributed by atoms with van der Waals surface area (Å²) in [7, 11) is 0. The molecule has 0 aliphatic carbocycles. The molecule has 0 N–H and O–H groups in total. The lowest BCUT2D eigenvalue weighted by atomic mass is 9.86. The summed E-state index contributed by atoms with van der Waals surface area (Å²) < 4.78 is 4.07. The summed E-state index contributed by atoms with van der Waals surface area (Å²) in [4.78, 5) is 0. The summed E-state index contributed by atoms with van der Waals surface area (Å²) in [6.45, 7) is 0. The smallest absolute Gasteiger partial charge is 0.0362 e. The average Bonchev–Trinajstić information content (AvgIpc) is 3.56. The van der Waals surface area contributed by atoms with Crippen LogP contribution < -0.4 is 0 Å². The molecule has 0 nitrogen and oxygen atoms in total. The molecule has 2 aromatic heterocycles. The molecule has 0 fully saturated rings. The summed E-state index contributed by atoms with van der Waals surface area (Å²) in [5.74, 6) is 0. The maximum atomic E-state index is 2.43. The molecule has 0 aliphatic rings. The fourth-order valence-corrected chi connectivity index (χ4v) is 7.73. The van der Waals surface area contributed by atoms with E-state index >= 15 is 0 Å². The van der Waals surface area contributed by atoms with Crippen molar-refractivity contribution < 1.29 is 0 Å². The fraction of sp³-hybridized carbons (Fsp3) is 0. The van der Waals surface area contributed by atoms with E-state index in [1.165, 1.54) is 74.1 Å². The van der Waals surface area contributed by atoms with Gasteiger partial charge >= 0.3 is 0 Å². The van der Waals surface area contributed by atoms with Crippen molar-refractivity contribution in [3.05, 3.63) is 121 Å². The zero-order valence-corrected chi connectivity index (χ0v) is 21.0. The second kappa shape index (κ2) is 7.76. The van der Waals surface area contributed by atoms with Crippen molar-refractivity contribution in [1.82, 2.24) is 0 Å². The molecule has 0 bridgehead atoms. The number of rotatable bonds is 2. The third-order valence-electron chi connectivity index (χ3n) is 7.35. The highest BCUT2D eigenvalue weighted by Crippen LogP contribution is 2.46. The van der Waals surface area contributed by atoms with Gasteiger partial charge in [0.25, 0.3) is 0 Å². The van der Waals surface area contributed by atoms with Gasteiger partial charge in [-0.25, -0.2) is 0 Å². The summed E-state index contributed by atoms with van der Waals surface area (Å²) in [5, 5.41) is 11.5. The number of thiophene rings is 2. The Hall–Kier alpha value is -3.98. The molecule has 6 aromatic carbocycles. The normalized spacial score (nSPS) is 11.9. The molecule has 8 rings (SSSR count). The van der Waals surface area contributed by atoms with Crippen LogP contribution >= 0.6 is 22.7 Å². The molecule has 0 amide bonds. The van der Waals surface area contributed by atoms with Crippen LogP contribution in [0.3, 0.4) is 0 Å². The van der Waals surface area contributed by atoms with Gasteiger partial charge < -0.3 is 0 Å². The molecule has 8 aromatic rings. The molecule has 168 valence electrons. The van der Waals surface area contributed by atoms with Crippen LogP contribution in [0.15, 0.2) is 121 Å². The van der Waals surface area contributed by atoms with Gasteiger partial charge in [-0.1, -0.05) is 84.9 Å².